The van der Waals surface area contributed by atoms with E-state index >= 15 is 0 Å². The van der Waals surface area contributed by atoms with Crippen molar-refractivity contribution in [1.29, 1.82) is 0 Å². The van der Waals surface area contributed by atoms with Gasteiger partial charge in [-0.05, 0) is 24.5 Å². The van der Waals surface area contributed by atoms with Crippen LogP contribution in [0.1, 0.15) is 18.4 Å². The van der Waals surface area contributed by atoms with Gasteiger partial charge in [0.15, 0.2) is 0 Å². The van der Waals surface area contributed by atoms with Gasteiger partial charge in [0.2, 0.25) is 10.0 Å². The predicted molar refractivity (Wildman–Crippen MR) is 81.6 cm³/mol. The Labute approximate surface area is 127 Å². The molecule has 0 aliphatic carbocycles. The summed E-state index contributed by atoms with van der Waals surface area (Å²) in [5.41, 5.74) is 0.847. The molecule has 1 aromatic rings. The van der Waals surface area contributed by atoms with Crippen molar-refractivity contribution in [2.75, 3.05) is 11.5 Å². The van der Waals surface area contributed by atoms with Gasteiger partial charge in [-0.25, -0.2) is 21.6 Å². The van der Waals surface area contributed by atoms with Gasteiger partial charge in [0.25, 0.3) is 0 Å². The van der Waals surface area contributed by atoms with E-state index in [4.69, 9.17) is 0 Å². The highest BCUT2D eigenvalue weighted by Gasteiger charge is 2.32. The molecule has 0 radical (unpaired) electrons. The van der Waals surface area contributed by atoms with E-state index < -0.39 is 25.1 Å². The van der Waals surface area contributed by atoms with E-state index in [0.29, 0.717) is 0 Å². The summed E-state index contributed by atoms with van der Waals surface area (Å²) >= 11 is 3.36. The van der Waals surface area contributed by atoms with Gasteiger partial charge in [0, 0.05) is 11.0 Å². The molecule has 0 spiro atoms. The second kappa shape index (κ2) is 6.13. The van der Waals surface area contributed by atoms with E-state index in [1.165, 1.54) is 0 Å². The standard InChI is InChI=1S/C12H16BrNO4S2/c13-12-4-2-1-3-10(12)9-14-20(17,18)11-5-7-19(15,16)8-6-11/h1-4,11,14H,5-9H2. The van der Waals surface area contributed by atoms with Crippen LogP contribution in [0.25, 0.3) is 0 Å². The van der Waals surface area contributed by atoms with E-state index in [1.54, 1.807) is 0 Å². The molecule has 1 fully saturated rings. The first-order valence-electron chi connectivity index (χ1n) is 6.22. The van der Waals surface area contributed by atoms with Gasteiger partial charge in [-0.15, -0.1) is 0 Å². The zero-order chi connectivity index (χ0) is 14.8. The monoisotopic (exact) mass is 381 g/mol. The van der Waals surface area contributed by atoms with Gasteiger partial charge in [0.1, 0.15) is 9.84 Å². The third kappa shape index (κ3) is 4.03. The Morgan fingerprint density at radius 3 is 2.40 bits per heavy atom. The van der Waals surface area contributed by atoms with Crippen molar-refractivity contribution < 1.29 is 16.8 Å². The predicted octanol–water partition coefficient (Wildman–Crippen LogP) is 1.45. The fourth-order valence-corrected chi connectivity index (χ4v) is 5.78. The Morgan fingerprint density at radius 1 is 1.20 bits per heavy atom. The van der Waals surface area contributed by atoms with Crippen LogP contribution >= 0.6 is 15.9 Å². The molecule has 1 aliphatic heterocycles. The molecule has 0 bridgehead atoms. The SMILES string of the molecule is O=S1(=O)CCC(S(=O)(=O)NCc2ccccc2Br)CC1. The molecule has 2 rings (SSSR count). The Morgan fingerprint density at radius 2 is 1.80 bits per heavy atom. The molecule has 0 amide bonds. The van der Waals surface area contributed by atoms with Crippen LogP contribution in [0.4, 0.5) is 0 Å². The van der Waals surface area contributed by atoms with E-state index in [-0.39, 0.29) is 30.9 Å². The lowest BCUT2D eigenvalue weighted by atomic mass is 10.2. The van der Waals surface area contributed by atoms with E-state index in [9.17, 15) is 16.8 Å². The maximum Gasteiger partial charge on any atom is 0.214 e. The van der Waals surface area contributed by atoms with E-state index in [1.807, 2.05) is 24.3 Å². The number of hydrogen-bond donors (Lipinski definition) is 1. The van der Waals surface area contributed by atoms with Crippen molar-refractivity contribution in [2.45, 2.75) is 24.6 Å². The quantitative estimate of drug-likeness (QED) is 0.855. The summed E-state index contributed by atoms with van der Waals surface area (Å²) in [5, 5.41) is -0.617. The number of sulfone groups is 1. The first-order chi connectivity index (χ1) is 9.30. The van der Waals surface area contributed by atoms with Crippen LogP contribution in [0, 0.1) is 0 Å². The Bertz CT molecular complexity index is 671. The van der Waals surface area contributed by atoms with Crippen LogP contribution in [0.15, 0.2) is 28.7 Å². The van der Waals surface area contributed by atoms with Gasteiger partial charge in [-0.2, -0.15) is 0 Å². The fourth-order valence-electron chi connectivity index (χ4n) is 2.12. The van der Waals surface area contributed by atoms with Crippen molar-refractivity contribution in [1.82, 2.24) is 4.72 Å². The van der Waals surface area contributed by atoms with Crippen LogP contribution in [0.5, 0.6) is 0 Å². The van der Waals surface area contributed by atoms with Gasteiger partial charge >= 0.3 is 0 Å². The van der Waals surface area contributed by atoms with Gasteiger partial charge in [-0.1, -0.05) is 34.1 Å². The third-order valence-electron chi connectivity index (χ3n) is 3.36. The Hall–Kier alpha value is -0.440. The highest BCUT2D eigenvalue weighted by Crippen LogP contribution is 2.20. The minimum absolute atomic E-state index is 0.0480. The number of sulfonamides is 1. The zero-order valence-corrected chi connectivity index (χ0v) is 14.0. The summed E-state index contributed by atoms with van der Waals surface area (Å²) in [6, 6.07) is 7.37. The third-order valence-corrected chi connectivity index (χ3v) is 7.75. The average molecular weight is 382 g/mol. The van der Waals surface area contributed by atoms with Crippen molar-refractivity contribution in [3.8, 4) is 0 Å². The summed E-state index contributed by atoms with van der Waals surface area (Å²) in [5.74, 6) is -0.0960. The number of rotatable bonds is 4. The zero-order valence-electron chi connectivity index (χ0n) is 10.7. The Balaban J connectivity index is 2.00. The summed E-state index contributed by atoms with van der Waals surface area (Å²) in [7, 11) is -6.53. The topological polar surface area (TPSA) is 80.3 Å². The molecular weight excluding hydrogens is 366 g/mol. The summed E-state index contributed by atoms with van der Waals surface area (Å²) in [4.78, 5) is 0. The fraction of sp³-hybridized carbons (Fsp3) is 0.500. The molecule has 1 aromatic carbocycles. The molecule has 0 atom stereocenters. The largest absolute Gasteiger partial charge is 0.229 e. The van der Waals surface area contributed by atoms with Crippen molar-refractivity contribution >= 4 is 35.8 Å². The lowest BCUT2D eigenvalue weighted by molar-refractivity contribution is 0.542. The molecular formula is C12H16BrNO4S2. The number of benzene rings is 1. The molecule has 0 unspecified atom stereocenters. The van der Waals surface area contributed by atoms with Gasteiger partial charge in [-0.3, -0.25) is 0 Å². The second-order valence-corrected chi connectivity index (χ2v) is 10.0. The van der Waals surface area contributed by atoms with E-state index in [2.05, 4.69) is 20.7 Å². The van der Waals surface area contributed by atoms with Crippen molar-refractivity contribution in [3.05, 3.63) is 34.3 Å². The molecule has 0 saturated carbocycles. The molecule has 20 heavy (non-hydrogen) atoms. The Kier molecular flexibility index (Phi) is 4.88. The molecule has 0 aromatic heterocycles. The maximum atomic E-state index is 12.2. The normalized spacial score (nSPS) is 19.9. The van der Waals surface area contributed by atoms with Crippen molar-refractivity contribution in [3.63, 3.8) is 0 Å². The number of nitrogens with one attached hydrogen (secondary N) is 1. The second-order valence-electron chi connectivity index (χ2n) is 4.81. The summed E-state index contributed by atoms with van der Waals surface area (Å²) in [6.07, 6.45) is 0.348. The molecule has 1 heterocycles. The molecule has 1 N–H and O–H groups in total. The van der Waals surface area contributed by atoms with Crippen LogP contribution in [0.3, 0.4) is 0 Å². The first-order valence-corrected chi connectivity index (χ1v) is 10.4. The van der Waals surface area contributed by atoms with Crippen LogP contribution < -0.4 is 4.72 Å². The molecule has 112 valence electrons. The van der Waals surface area contributed by atoms with E-state index in [0.717, 1.165) is 10.0 Å². The summed E-state index contributed by atoms with van der Waals surface area (Å²) < 4.78 is 50.4. The smallest absolute Gasteiger partial charge is 0.214 e. The maximum absolute atomic E-state index is 12.2. The minimum Gasteiger partial charge on any atom is -0.229 e. The van der Waals surface area contributed by atoms with Crippen molar-refractivity contribution in [2.24, 2.45) is 0 Å². The molecule has 1 aliphatic rings. The van der Waals surface area contributed by atoms with Gasteiger partial charge < -0.3 is 0 Å². The molecule has 1 saturated heterocycles. The first kappa shape index (κ1) is 15.9. The lowest BCUT2D eigenvalue weighted by Gasteiger charge is -2.22. The highest BCUT2D eigenvalue weighted by atomic mass is 79.9. The van der Waals surface area contributed by atoms with Crippen LogP contribution in [-0.4, -0.2) is 33.6 Å². The lowest BCUT2D eigenvalue weighted by Crippen LogP contribution is -2.39. The number of hydrogen-bond acceptors (Lipinski definition) is 4. The molecule has 8 heteroatoms. The van der Waals surface area contributed by atoms with Gasteiger partial charge in [0.05, 0.1) is 16.8 Å². The minimum atomic E-state index is -3.48. The van der Waals surface area contributed by atoms with Crippen LogP contribution in [-0.2, 0) is 26.4 Å². The average Bonchev–Trinajstić information content (AvgIpc) is 2.37. The van der Waals surface area contributed by atoms with Crippen LogP contribution in [0.2, 0.25) is 0 Å². The number of halogens is 1. The highest BCUT2D eigenvalue weighted by molar-refractivity contribution is 9.10. The molecule has 5 nitrogen and oxygen atoms in total. The summed E-state index contributed by atoms with van der Waals surface area (Å²) in [6.45, 7) is 0.201.